The lowest BCUT2D eigenvalue weighted by Gasteiger charge is -2.18. The Balaban J connectivity index is 3.19. The molecule has 0 heterocycles. The van der Waals surface area contributed by atoms with Gasteiger partial charge in [-0.1, -0.05) is 0 Å². The van der Waals surface area contributed by atoms with Gasteiger partial charge in [-0.15, -0.1) is 2.52 Å². The first-order valence-electron chi connectivity index (χ1n) is 5.75. The number of ether oxygens (including phenoxy) is 1. The van der Waals surface area contributed by atoms with Crippen LogP contribution >= 0.6 is 22.9 Å². The minimum atomic E-state index is -3.72. The summed E-state index contributed by atoms with van der Waals surface area (Å²) in [6.07, 6.45) is -0.240. The number of carbonyl (C=O) groups is 1. The van der Waals surface area contributed by atoms with E-state index >= 15 is 0 Å². The third kappa shape index (κ3) is 3.83. The minimum Gasteiger partial charge on any atom is -0.497 e. The number of carboxylic acids is 1. The average Bonchev–Trinajstić information content (AvgIpc) is 2.34. The number of benzene rings is 1. The summed E-state index contributed by atoms with van der Waals surface area (Å²) < 4.78 is 31.1. The van der Waals surface area contributed by atoms with Gasteiger partial charge >= 0.3 is 5.97 Å². The third-order valence-corrected chi connectivity index (χ3v) is 6.59. The smallest absolute Gasteiger partial charge is 0.304 e. The van der Waals surface area contributed by atoms with Crippen LogP contribution in [0.5, 0.6) is 5.75 Å². The zero-order chi connectivity index (χ0) is 15.5. The lowest BCUT2D eigenvalue weighted by Crippen LogP contribution is -2.25. The molecule has 0 aliphatic heterocycles. The van der Waals surface area contributed by atoms with E-state index in [1.807, 2.05) is 0 Å². The summed E-state index contributed by atoms with van der Waals surface area (Å²) in [4.78, 5) is 10.7. The first-order valence-corrected chi connectivity index (χ1v) is 8.16. The number of methoxy groups -OCH3 is 1. The maximum Gasteiger partial charge on any atom is 0.304 e. The van der Waals surface area contributed by atoms with Crippen molar-refractivity contribution in [1.82, 2.24) is 2.52 Å². The van der Waals surface area contributed by atoms with E-state index in [0.29, 0.717) is 16.9 Å². The molecule has 0 aliphatic carbocycles. The van der Waals surface area contributed by atoms with Gasteiger partial charge in [-0.05, 0) is 37.1 Å². The second-order valence-corrected chi connectivity index (χ2v) is 7.87. The van der Waals surface area contributed by atoms with Crippen molar-refractivity contribution in [2.75, 3.05) is 13.7 Å². The van der Waals surface area contributed by atoms with Crippen molar-refractivity contribution >= 4 is 38.9 Å². The topological polar surface area (TPSA) is 83.9 Å². The van der Waals surface area contributed by atoms with Crippen LogP contribution in [0.25, 0.3) is 0 Å². The monoisotopic (exact) mass is 413 g/mol. The summed E-state index contributed by atoms with van der Waals surface area (Å²) in [6, 6.07) is 3.28. The summed E-state index contributed by atoms with van der Waals surface area (Å²) in [5, 5.41) is 8.63. The molecule has 0 aromatic heterocycles. The van der Waals surface area contributed by atoms with E-state index in [-0.39, 0.29) is 17.9 Å². The van der Waals surface area contributed by atoms with Gasteiger partial charge in [0.25, 0.3) is 10.0 Å². The van der Waals surface area contributed by atoms with Crippen LogP contribution in [0.4, 0.5) is 0 Å². The van der Waals surface area contributed by atoms with Gasteiger partial charge in [-0.3, -0.25) is 4.79 Å². The molecule has 1 aromatic carbocycles. The van der Waals surface area contributed by atoms with Crippen molar-refractivity contribution in [3.63, 3.8) is 0 Å². The van der Waals surface area contributed by atoms with Gasteiger partial charge in [-0.2, -0.15) is 0 Å². The van der Waals surface area contributed by atoms with Crippen molar-refractivity contribution in [3.8, 4) is 5.75 Å². The van der Waals surface area contributed by atoms with Crippen LogP contribution in [0, 0.1) is 13.8 Å². The molecule has 0 saturated heterocycles. The molecule has 0 fully saturated rings. The molecule has 8 heteroatoms. The summed E-state index contributed by atoms with van der Waals surface area (Å²) in [5.74, 6) is -0.450. The fourth-order valence-corrected chi connectivity index (χ4v) is 4.13. The minimum absolute atomic E-state index is 0.0802. The largest absolute Gasteiger partial charge is 0.497 e. The van der Waals surface area contributed by atoms with Crippen LogP contribution in [0.1, 0.15) is 17.5 Å². The SMILES string of the molecule is COc1cc(C)c(S(=O)(=O)N(I)CCC(=O)O)c(C)c1. The number of halogens is 1. The van der Waals surface area contributed by atoms with E-state index < -0.39 is 16.0 Å². The maximum atomic E-state index is 12.5. The van der Waals surface area contributed by atoms with E-state index in [1.165, 1.54) is 7.11 Å². The molecule has 6 nitrogen and oxygen atoms in total. The standard InChI is InChI=1S/C12H16INO5S/c1-8-6-10(19-3)7-9(2)12(8)20(17,18)14(13)5-4-11(15)16/h6-7H,4-5H2,1-3H3,(H,15,16). The normalized spacial score (nSPS) is 11.7. The van der Waals surface area contributed by atoms with Gasteiger partial charge in [0, 0.05) is 29.4 Å². The van der Waals surface area contributed by atoms with E-state index in [0.717, 1.165) is 2.52 Å². The van der Waals surface area contributed by atoms with Crippen LogP contribution < -0.4 is 4.74 Å². The Bertz CT molecular complexity index is 591. The number of hydrogen-bond acceptors (Lipinski definition) is 4. The molecule has 20 heavy (non-hydrogen) atoms. The summed E-state index contributed by atoms with van der Waals surface area (Å²) in [7, 11) is -2.21. The molecule has 0 saturated carbocycles. The zero-order valence-electron chi connectivity index (χ0n) is 11.4. The Hall–Kier alpha value is -0.870. The highest BCUT2D eigenvalue weighted by Crippen LogP contribution is 2.29. The van der Waals surface area contributed by atoms with Crippen LogP contribution in [-0.2, 0) is 14.8 Å². The molecule has 0 spiro atoms. The lowest BCUT2D eigenvalue weighted by molar-refractivity contribution is -0.136. The fraction of sp³-hybridized carbons (Fsp3) is 0.417. The maximum absolute atomic E-state index is 12.5. The Labute approximate surface area is 132 Å². The number of aryl methyl sites for hydroxylation is 2. The van der Waals surface area contributed by atoms with Gasteiger partial charge in [0.15, 0.2) is 0 Å². The van der Waals surface area contributed by atoms with E-state index in [2.05, 4.69) is 0 Å². The molecular weight excluding hydrogens is 397 g/mol. The second kappa shape index (κ2) is 6.72. The molecule has 0 aliphatic rings. The molecule has 1 N–H and O–H groups in total. The molecule has 0 radical (unpaired) electrons. The second-order valence-electron chi connectivity index (χ2n) is 4.25. The Morgan fingerprint density at radius 1 is 1.35 bits per heavy atom. The highest BCUT2D eigenvalue weighted by atomic mass is 127. The van der Waals surface area contributed by atoms with Crippen molar-refractivity contribution in [3.05, 3.63) is 23.3 Å². The van der Waals surface area contributed by atoms with Gasteiger partial charge in [0.1, 0.15) is 5.75 Å². The Morgan fingerprint density at radius 3 is 2.25 bits per heavy atom. The quantitative estimate of drug-likeness (QED) is 0.571. The predicted octanol–water partition coefficient (Wildman–Crippen LogP) is 2.13. The van der Waals surface area contributed by atoms with Crippen LogP contribution in [0.3, 0.4) is 0 Å². The Morgan fingerprint density at radius 2 is 1.85 bits per heavy atom. The van der Waals surface area contributed by atoms with Crippen LogP contribution in [-0.4, -0.2) is 35.7 Å². The molecule has 0 unspecified atom stereocenters. The predicted molar refractivity (Wildman–Crippen MR) is 82.6 cm³/mol. The number of sulfonamides is 1. The van der Waals surface area contributed by atoms with Crippen LogP contribution in [0.15, 0.2) is 17.0 Å². The first-order chi connectivity index (χ1) is 9.20. The highest BCUT2D eigenvalue weighted by molar-refractivity contribution is 14.1. The van der Waals surface area contributed by atoms with Crippen LogP contribution in [0.2, 0.25) is 0 Å². The molecule has 0 atom stereocenters. The lowest BCUT2D eigenvalue weighted by atomic mass is 10.1. The van der Waals surface area contributed by atoms with Gasteiger partial charge < -0.3 is 9.84 Å². The fourth-order valence-electron chi connectivity index (χ4n) is 1.84. The Kier molecular flexibility index (Phi) is 5.78. The summed E-state index contributed by atoms with van der Waals surface area (Å²) in [6.45, 7) is 3.29. The van der Waals surface area contributed by atoms with E-state index in [9.17, 15) is 13.2 Å². The molecule has 112 valence electrons. The van der Waals surface area contributed by atoms with Gasteiger partial charge in [0.2, 0.25) is 0 Å². The molecular formula is C12H16INO5S. The zero-order valence-corrected chi connectivity index (χ0v) is 14.4. The van der Waals surface area contributed by atoms with Gasteiger partial charge in [-0.25, -0.2) is 8.42 Å². The molecule has 1 aromatic rings. The number of carboxylic acid groups (broad SMARTS) is 1. The number of hydrogen-bond donors (Lipinski definition) is 1. The van der Waals surface area contributed by atoms with E-state index in [4.69, 9.17) is 9.84 Å². The van der Waals surface area contributed by atoms with Crippen molar-refractivity contribution in [1.29, 1.82) is 0 Å². The number of nitrogens with zero attached hydrogens (tertiary/aromatic N) is 1. The molecule has 1 rings (SSSR count). The molecule has 0 amide bonds. The van der Waals surface area contributed by atoms with Crippen molar-refractivity contribution in [2.45, 2.75) is 25.2 Å². The van der Waals surface area contributed by atoms with Crippen molar-refractivity contribution in [2.24, 2.45) is 0 Å². The third-order valence-electron chi connectivity index (χ3n) is 2.69. The number of aliphatic carboxylic acids is 1. The van der Waals surface area contributed by atoms with E-state index in [1.54, 1.807) is 48.8 Å². The number of rotatable bonds is 6. The average molecular weight is 413 g/mol. The molecule has 0 bridgehead atoms. The summed E-state index contributed by atoms with van der Waals surface area (Å²) >= 11 is 1.62. The van der Waals surface area contributed by atoms with Crippen molar-refractivity contribution < 1.29 is 23.1 Å². The van der Waals surface area contributed by atoms with Gasteiger partial charge in [0.05, 0.1) is 18.4 Å². The summed E-state index contributed by atoms with van der Waals surface area (Å²) in [5.41, 5.74) is 1.14. The first kappa shape index (κ1) is 17.2. The highest BCUT2D eigenvalue weighted by Gasteiger charge is 2.27.